The topological polar surface area (TPSA) is 102 Å². The first-order chi connectivity index (χ1) is 15.3. The van der Waals surface area contributed by atoms with Gasteiger partial charge in [-0.15, -0.1) is 0 Å². The van der Waals surface area contributed by atoms with Crippen LogP contribution >= 0.6 is 0 Å². The van der Waals surface area contributed by atoms with Gasteiger partial charge in [0, 0.05) is 49.9 Å². The molecule has 32 heavy (non-hydrogen) atoms. The van der Waals surface area contributed by atoms with Crippen LogP contribution in [0, 0.1) is 5.92 Å². The number of carbonyl (C=O) groups excluding carboxylic acids is 1. The first-order valence-electron chi connectivity index (χ1n) is 10.5. The molecule has 1 amide bonds. The maximum Gasteiger partial charge on any atom is 0.276 e. The minimum absolute atomic E-state index is 0.00513. The van der Waals surface area contributed by atoms with Gasteiger partial charge in [0.15, 0.2) is 0 Å². The molecule has 1 aliphatic rings. The second kappa shape index (κ2) is 9.23. The summed E-state index contributed by atoms with van der Waals surface area (Å²) in [4.78, 5) is 14.8. The van der Waals surface area contributed by atoms with E-state index in [1.807, 2.05) is 71.5 Å². The average Bonchev–Trinajstić information content (AvgIpc) is 3.23. The highest BCUT2D eigenvalue weighted by molar-refractivity contribution is 7.86. The van der Waals surface area contributed by atoms with E-state index in [1.165, 1.54) is 4.31 Å². The zero-order valence-electron chi connectivity index (χ0n) is 18.0. The van der Waals surface area contributed by atoms with Gasteiger partial charge >= 0.3 is 0 Å². The standard InChI is InChI=1S/C23H27N5O3S/c1-26(23(29)19-12-14-27(15-13-19)32(24,30)31)16-20-17-28(21-10-6-3-7-11-21)25-22(20)18-8-4-2-5-9-18/h2-11,17,19H,12-16H2,1H3,(H2,24,30,31). The Morgan fingerprint density at radius 2 is 1.66 bits per heavy atom. The van der Waals surface area contributed by atoms with E-state index in [4.69, 9.17) is 10.2 Å². The lowest BCUT2D eigenvalue weighted by Crippen LogP contribution is -2.45. The van der Waals surface area contributed by atoms with Crippen LogP contribution in [-0.2, 0) is 21.5 Å². The van der Waals surface area contributed by atoms with Gasteiger partial charge in [-0.25, -0.2) is 9.82 Å². The number of nitrogens with zero attached hydrogens (tertiary/aromatic N) is 4. The normalized spacial score (nSPS) is 15.6. The smallest absolute Gasteiger partial charge is 0.276 e. The molecule has 2 aromatic carbocycles. The summed E-state index contributed by atoms with van der Waals surface area (Å²) < 4.78 is 26.1. The highest BCUT2D eigenvalue weighted by Gasteiger charge is 2.31. The summed E-state index contributed by atoms with van der Waals surface area (Å²) in [7, 11) is -1.93. The van der Waals surface area contributed by atoms with Gasteiger partial charge in [-0.05, 0) is 25.0 Å². The fourth-order valence-corrected chi connectivity index (χ4v) is 4.80. The molecule has 3 aromatic rings. The fourth-order valence-electron chi connectivity index (χ4n) is 4.08. The van der Waals surface area contributed by atoms with Crippen LogP contribution in [0.5, 0.6) is 0 Å². The quantitative estimate of drug-likeness (QED) is 0.619. The van der Waals surface area contributed by atoms with Crippen LogP contribution in [0.1, 0.15) is 18.4 Å². The summed E-state index contributed by atoms with van der Waals surface area (Å²) in [6.07, 6.45) is 2.90. The molecule has 0 bridgehead atoms. The Kier molecular flexibility index (Phi) is 6.40. The molecule has 0 spiro atoms. The van der Waals surface area contributed by atoms with Gasteiger partial charge in [0.1, 0.15) is 0 Å². The molecule has 2 N–H and O–H groups in total. The lowest BCUT2D eigenvalue weighted by atomic mass is 9.96. The van der Waals surface area contributed by atoms with Crippen molar-refractivity contribution in [1.82, 2.24) is 19.0 Å². The van der Waals surface area contributed by atoms with Gasteiger partial charge in [-0.1, -0.05) is 48.5 Å². The van der Waals surface area contributed by atoms with Crippen molar-refractivity contribution in [2.75, 3.05) is 20.1 Å². The number of amides is 1. The largest absolute Gasteiger partial charge is 0.341 e. The van der Waals surface area contributed by atoms with Crippen LogP contribution in [0.4, 0.5) is 0 Å². The van der Waals surface area contributed by atoms with Crippen molar-refractivity contribution < 1.29 is 13.2 Å². The SMILES string of the molecule is CN(Cc1cn(-c2ccccc2)nc1-c1ccccc1)C(=O)C1CCN(S(N)(=O)=O)CC1. The molecule has 0 unspecified atom stereocenters. The number of rotatable bonds is 6. The molecule has 9 heteroatoms. The maximum atomic E-state index is 13.1. The molecule has 2 heterocycles. The first-order valence-corrected chi connectivity index (χ1v) is 12.1. The Bertz CT molecular complexity index is 1170. The Hall–Kier alpha value is -3.01. The summed E-state index contributed by atoms with van der Waals surface area (Å²) >= 11 is 0. The zero-order chi connectivity index (χ0) is 22.7. The highest BCUT2D eigenvalue weighted by Crippen LogP contribution is 2.26. The van der Waals surface area contributed by atoms with Crippen LogP contribution in [0.15, 0.2) is 66.9 Å². The molecule has 0 saturated carbocycles. The van der Waals surface area contributed by atoms with E-state index in [2.05, 4.69) is 0 Å². The summed E-state index contributed by atoms with van der Waals surface area (Å²) in [5.74, 6) is -0.215. The van der Waals surface area contributed by atoms with E-state index in [-0.39, 0.29) is 24.9 Å². The van der Waals surface area contributed by atoms with E-state index in [9.17, 15) is 13.2 Å². The number of hydrogen-bond donors (Lipinski definition) is 1. The van der Waals surface area contributed by atoms with Crippen LogP contribution < -0.4 is 5.14 Å². The molecule has 1 saturated heterocycles. The minimum Gasteiger partial charge on any atom is -0.341 e. The van der Waals surface area contributed by atoms with E-state index in [1.54, 1.807) is 11.9 Å². The average molecular weight is 454 g/mol. The summed E-state index contributed by atoms with van der Waals surface area (Å²) in [5, 5.41) is 10.0. The Morgan fingerprint density at radius 3 is 2.25 bits per heavy atom. The first kappa shape index (κ1) is 22.2. The Labute approximate surface area is 188 Å². The van der Waals surface area contributed by atoms with Crippen molar-refractivity contribution >= 4 is 16.1 Å². The molecule has 4 rings (SSSR count). The zero-order valence-corrected chi connectivity index (χ0v) is 18.8. The van der Waals surface area contributed by atoms with Crippen LogP contribution in [0.3, 0.4) is 0 Å². The highest BCUT2D eigenvalue weighted by atomic mass is 32.2. The van der Waals surface area contributed by atoms with Gasteiger partial charge in [0.05, 0.1) is 11.4 Å². The van der Waals surface area contributed by atoms with Crippen LogP contribution in [0.2, 0.25) is 0 Å². The number of hydrogen-bond acceptors (Lipinski definition) is 4. The fraction of sp³-hybridized carbons (Fsp3) is 0.304. The van der Waals surface area contributed by atoms with Crippen LogP contribution in [-0.4, -0.2) is 53.4 Å². The molecule has 0 radical (unpaired) electrons. The number of nitrogens with two attached hydrogens (primary N) is 1. The number of benzene rings is 2. The monoisotopic (exact) mass is 453 g/mol. The predicted molar refractivity (Wildman–Crippen MR) is 123 cm³/mol. The van der Waals surface area contributed by atoms with Gasteiger partial charge in [0.2, 0.25) is 5.91 Å². The van der Waals surface area contributed by atoms with Crippen molar-refractivity contribution in [1.29, 1.82) is 0 Å². The van der Waals surface area contributed by atoms with Gasteiger partial charge in [0.25, 0.3) is 10.2 Å². The third kappa shape index (κ3) is 4.90. The third-order valence-electron chi connectivity index (χ3n) is 5.80. The number of piperidine rings is 1. The molecule has 1 aliphatic heterocycles. The second-order valence-corrected chi connectivity index (χ2v) is 9.61. The maximum absolute atomic E-state index is 13.1. The van der Waals surface area contributed by atoms with E-state index in [0.29, 0.717) is 19.4 Å². The number of para-hydroxylation sites is 1. The van der Waals surface area contributed by atoms with Crippen molar-refractivity contribution in [2.45, 2.75) is 19.4 Å². The summed E-state index contributed by atoms with van der Waals surface area (Å²) in [5.41, 5.74) is 3.70. The Morgan fingerprint density at radius 1 is 1.06 bits per heavy atom. The van der Waals surface area contributed by atoms with E-state index in [0.717, 1.165) is 22.5 Å². The summed E-state index contributed by atoms with van der Waals surface area (Å²) in [6.45, 7) is 0.944. The van der Waals surface area contributed by atoms with Crippen molar-refractivity contribution in [2.24, 2.45) is 11.1 Å². The molecule has 168 valence electrons. The summed E-state index contributed by atoms with van der Waals surface area (Å²) in [6, 6.07) is 19.8. The van der Waals surface area contributed by atoms with Crippen molar-refractivity contribution in [3.05, 3.63) is 72.4 Å². The van der Waals surface area contributed by atoms with E-state index >= 15 is 0 Å². The predicted octanol–water partition coefficient (Wildman–Crippen LogP) is 2.41. The molecule has 0 aliphatic carbocycles. The minimum atomic E-state index is -3.71. The van der Waals surface area contributed by atoms with E-state index < -0.39 is 10.2 Å². The van der Waals surface area contributed by atoms with Crippen molar-refractivity contribution in [3.63, 3.8) is 0 Å². The number of aromatic nitrogens is 2. The lowest BCUT2D eigenvalue weighted by Gasteiger charge is -2.31. The molecule has 1 aromatic heterocycles. The van der Waals surface area contributed by atoms with Gasteiger partial charge in [-0.2, -0.15) is 17.8 Å². The van der Waals surface area contributed by atoms with Gasteiger partial charge < -0.3 is 4.90 Å². The lowest BCUT2D eigenvalue weighted by molar-refractivity contribution is -0.135. The molecular weight excluding hydrogens is 426 g/mol. The molecule has 8 nitrogen and oxygen atoms in total. The Balaban J connectivity index is 1.54. The van der Waals surface area contributed by atoms with Crippen molar-refractivity contribution in [3.8, 4) is 16.9 Å². The molecular formula is C23H27N5O3S. The molecule has 1 fully saturated rings. The van der Waals surface area contributed by atoms with Gasteiger partial charge in [-0.3, -0.25) is 4.79 Å². The third-order valence-corrected chi connectivity index (χ3v) is 6.89. The number of carbonyl (C=O) groups is 1. The van der Waals surface area contributed by atoms with Crippen LogP contribution in [0.25, 0.3) is 16.9 Å². The molecule has 0 atom stereocenters. The second-order valence-electron chi connectivity index (χ2n) is 8.06.